The summed E-state index contributed by atoms with van der Waals surface area (Å²) in [5.41, 5.74) is 6.28. The van der Waals surface area contributed by atoms with E-state index in [9.17, 15) is 4.79 Å². The van der Waals surface area contributed by atoms with Crippen LogP contribution < -0.4 is 0 Å². The van der Waals surface area contributed by atoms with Gasteiger partial charge in [-0.3, -0.25) is 4.79 Å². The van der Waals surface area contributed by atoms with E-state index in [-0.39, 0.29) is 5.78 Å². The highest BCUT2D eigenvalue weighted by atomic mass is 16.1. The highest BCUT2D eigenvalue weighted by Crippen LogP contribution is 2.28. The predicted octanol–water partition coefficient (Wildman–Crippen LogP) is 7.35. The zero-order chi connectivity index (χ0) is 22.9. The summed E-state index contributed by atoms with van der Waals surface area (Å²) in [6, 6.07) is 39.6. The van der Waals surface area contributed by atoms with E-state index in [4.69, 9.17) is 9.97 Å². The van der Waals surface area contributed by atoms with Crippen molar-refractivity contribution in [2.24, 2.45) is 0 Å². The van der Waals surface area contributed by atoms with Crippen LogP contribution in [0.1, 0.15) is 15.9 Å². The maximum atomic E-state index is 13.9. The summed E-state index contributed by atoms with van der Waals surface area (Å²) < 4.78 is 0. The molecule has 0 spiro atoms. The summed E-state index contributed by atoms with van der Waals surface area (Å²) in [5, 5.41) is 1.87. The van der Waals surface area contributed by atoms with Crippen LogP contribution in [-0.2, 0) is 0 Å². The third-order valence-electron chi connectivity index (χ3n) is 6.07. The summed E-state index contributed by atoms with van der Waals surface area (Å²) in [6.07, 6.45) is 0. The molecule has 2 aromatic heterocycles. The average Bonchev–Trinajstić information content (AvgIpc) is 2.92. The molecule has 0 fully saturated rings. The molecule has 0 saturated carbocycles. The fraction of sp³-hybridized carbons (Fsp3) is 0. The van der Waals surface area contributed by atoms with Gasteiger partial charge in [0.05, 0.1) is 22.4 Å². The van der Waals surface area contributed by atoms with Gasteiger partial charge in [0.1, 0.15) is 0 Å². The smallest absolute Gasteiger partial charge is 0.197 e. The molecule has 0 saturated heterocycles. The lowest BCUT2D eigenvalue weighted by atomic mass is 9.97. The second-order valence-electron chi connectivity index (χ2n) is 8.21. The molecule has 0 aliphatic heterocycles. The summed E-state index contributed by atoms with van der Waals surface area (Å²) in [7, 11) is 0. The van der Waals surface area contributed by atoms with Crippen LogP contribution in [0.25, 0.3) is 44.3 Å². The van der Waals surface area contributed by atoms with E-state index in [2.05, 4.69) is 0 Å². The number of ketones is 1. The summed E-state index contributed by atoms with van der Waals surface area (Å²) >= 11 is 0. The monoisotopic (exact) mass is 436 g/mol. The van der Waals surface area contributed by atoms with E-state index in [1.54, 1.807) is 0 Å². The quantitative estimate of drug-likeness (QED) is 0.271. The molecular formula is C31H20N2O. The Labute approximate surface area is 197 Å². The summed E-state index contributed by atoms with van der Waals surface area (Å²) in [5.74, 6) is -0.0772. The lowest BCUT2D eigenvalue weighted by Crippen LogP contribution is -2.05. The van der Waals surface area contributed by atoms with Gasteiger partial charge in [0, 0.05) is 33.0 Å². The minimum Gasteiger partial charge on any atom is -0.288 e. The molecule has 2 heterocycles. The zero-order valence-electron chi connectivity index (χ0n) is 18.3. The SMILES string of the molecule is O=C(c1cccc2ccc(-c3ccccc3)nc12)c1cccc2ccc(-c3ccccc3)nc12. The number of carbonyl (C=O) groups is 1. The van der Waals surface area contributed by atoms with Gasteiger partial charge in [-0.05, 0) is 24.3 Å². The van der Waals surface area contributed by atoms with Crippen molar-refractivity contribution < 1.29 is 4.79 Å². The zero-order valence-corrected chi connectivity index (χ0v) is 18.3. The highest BCUT2D eigenvalue weighted by molar-refractivity contribution is 6.20. The Balaban J connectivity index is 1.51. The number of benzene rings is 4. The Bertz CT molecular complexity index is 1530. The number of hydrogen-bond donors (Lipinski definition) is 0. The van der Waals surface area contributed by atoms with Crippen molar-refractivity contribution in [3.05, 3.63) is 132 Å². The molecule has 0 radical (unpaired) electrons. The van der Waals surface area contributed by atoms with Crippen molar-refractivity contribution in [2.45, 2.75) is 0 Å². The second-order valence-corrected chi connectivity index (χ2v) is 8.21. The van der Waals surface area contributed by atoms with Crippen molar-refractivity contribution in [3.8, 4) is 22.5 Å². The first-order valence-electron chi connectivity index (χ1n) is 11.2. The molecular weight excluding hydrogens is 416 g/mol. The first-order chi connectivity index (χ1) is 16.8. The van der Waals surface area contributed by atoms with Crippen molar-refractivity contribution in [1.82, 2.24) is 9.97 Å². The number of carbonyl (C=O) groups excluding carboxylic acids is 1. The third-order valence-corrected chi connectivity index (χ3v) is 6.07. The summed E-state index contributed by atoms with van der Waals surface area (Å²) in [4.78, 5) is 23.7. The van der Waals surface area contributed by atoms with E-state index in [1.165, 1.54) is 0 Å². The average molecular weight is 437 g/mol. The number of pyridine rings is 2. The van der Waals surface area contributed by atoms with E-state index >= 15 is 0 Å². The lowest BCUT2D eigenvalue weighted by Gasteiger charge is -2.10. The van der Waals surface area contributed by atoms with Gasteiger partial charge in [-0.25, -0.2) is 9.97 Å². The fourth-order valence-corrected chi connectivity index (χ4v) is 4.35. The van der Waals surface area contributed by atoms with Crippen LogP contribution in [0.4, 0.5) is 0 Å². The highest BCUT2D eigenvalue weighted by Gasteiger charge is 2.18. The molecule has 0 N–H and O–H groups in total. The lowest BCUT2D eigenvalue weighted by molar-refractivity contribution is 0.104. The van der Waals surface area contributed by atoms with Crippen molar-refractivity contribution in [1.29, 1.82) is 0 Å². The number of para-hydroxylation sites is 2. The molecule has 6 aromatic rings. The van der Waals surface area contributed by atoms with E-state index in [1.807, 2.05) is 121 Å². The molecule has 0 aliphatic rings. The van der Waals surface area contributed by atoms with Crippen LogP contribution in [0.5, 0.6) is 0 Å². The van der Waals surface area contributed by atoms with E-state index in [0.717, 1.165) is 33.3 Å². The molecule has 0 aliphatic carbocycles. The first-order valence-corrected chi connectivity index (χ1v) is 11.2. The number of rotatable bonds is 4. The van der Waals surface area contributed by atoms with Crippen molar-refractivity contribution in [2.75, 3.05) is 0 Å². The Morgan fingerprint density at radius 3 is 1.32 bits per heavy atom. The molecule has 34 heavy (non-hydrogen) atoms. The molecule has 3 heteroatoms. The molecule has 3 nitrogen and oxygen atoms in total. The number of nitrogens with zero attached hydrogens (tertiary/aromatic N) is 2. The van der Waals surface area contributed by atoms with Crippen LogP contribution in [0.15, 0.2) is 121 Å². The maximum absolute atomic E-state index is 13.9. The normalized spacial score (nSPS) is 11.1. The number of hydrogen-bond acceptors (Lipinski definition) is 3. The Hall–Kier alpha value is -4.63. The first kappa shape index (κ1) is 20.0. The van der Waals surface area contributed by atoms with Gasteiger partial charge in [-0.1, -0.05) is 97.1 Å². The van der Waals surface area contributed by atoms with Gasteiger partial charge >= 0.3 is 0 Å². The van der Waals surface area contributed by atoms with Crippen LogP contribution in [0, 0.1) is 0 Å². The van der Waals surface area contributed by atoms with E-state index in [0.29, 0.717) is 22.2 Å². The Morgan fingerprint density at radius 2 is 0.882 bits per heavy atom. The summed E-state index contributed by atoms with van der Waals surface area (Å²) in [6.45, 7) is 0. The Kier molecular flexibility index (Phi) is 4.93. The van der Waals surface area contributed by atoms with Gasteiger partial charge in [0.15, 0.2) is 5.78 Å². The molecule has 6 rings (SSSR count). The van der Waals surface area contributed by atoms with E-state index < -0.39 is 0 Å². The van der Waals surface area contributed by atoms with Crippen LogP contribution >= 0.6 is 0 Å². The molecule has 0 bridgehead atoms. The largest absolute Gasteiger partial charge is 0.288 e. The standard InChI is InChI=1S/C31H20N2O/c34-31(25-15-7-13-23-17-19-27(32-29(23)25)21-9-3-1-4-10-21)26-16-8-14-24-18-20-28(33-30(24)26)22-11-5-2-6-12-22/h1-20H. The van der Waals surface area contributed by atoms with Crippen LogP contribution in [-0.4, -0.2) is 15.8 Å². The molecule has 0 amide bonds. The van der Waals surface area contributed by atoms with Crippen molar-refractivity contribution in [3.63, 3.8) is 0 Å². The van der Waals surface area contributed by atoms with Crippen molar-refractivity contribution >= 4 is 27.6 Å². The van der Waals surface area contributed by atoms with Gasteiger partial charge < -0.3 is 0 Å². The molecule has 160 valence electrons. The molecule has 0 unspecified atom stereocenters. The minimum absolute atomic E-state index is 0.0772. The van der Waals surface area contributed by atoms with Gasteiger partial charge in [-0.15, -0.1) is 0 Å². The van der Waals surface area contributed by atoms with Crippen LogP contribution in [0.3, 0.4) is 0 Å². The van der Waals surface area contributed by atoms with Gasteiger partial charge in [0.25, 0.3) is 0 Å². The molecule has 4 aromatic carbocycles. The van der Waals surface area contributed by atoms with Gasteiger partial charge in [-0.2, -0.15) is 0 Å². The third kappa shape index (κ3) is 3.54. The Morgan fingerprint density at radius 1 is 0.441 bits per heavy atom. The maximum Gasteiger partial charge on any atom is 0.197 e. The fourth-order valence-electron chi connectivity index (χ4n) is 4.35. The molecule has 0 atom stereocenters. The number of aromatic nitrogens is 2. The predicted molar refractivity (Wildman–Crippen MR) is 138 cm³/mol. The second kappa shape index (κ2) is 8.38. The van der Waals surface area contributed by atoms with Gasteiger partial charge in [0.2, 0.25) is 0 Å². The topological polar surface area (TPSA) is 42.9 Å². The minimum atomic E-state index is -0.0772. The van der Waals surface area contributed by atoms with Crippen LogP contribution in [0.2, 0.25) is 0 Å². The number of fused-ring (bicyclic) bond motifs is 2.